The molecular weight excluding hydrogens is 296 g/mol. The molecule has 1 unspecified atom stereocenters. The highest BCUT2D eigenvalue weighted by Crippen LogP contribution is 2.17. The quantitative estimate of drug-likeness (QED) is 0.608. The van der Waals surface area contributed by atoms with Gasteiger partial charge < -0.3 is 15.4 Å². The topological polar surface area (TPSA) is 48.0 Å². The number of nitrogens with one attached hydrogen (secondary N) is 2. The van der Waals surface area contributed by atoms with Gasteiger partial charge in [0, 0.05) is 29.3 Å². The molecule has 114 valence electrons. The lowest BCUT2D eigenvalue weighted by molar-refractivity contribution is 0.175. The first-order valence-electron chi connectivity index (χ1n) is 7.43. The zero-order chi connectivity index (χ0) is 15.4. The van der Waals surface area contributed by atoms with Gasteiger partial charge in [-0.3, -0.25) is 0 Å². The van der Waals surface area contributed by atoms with E-state index in [1.165, 1.54) is 11.1 Å². The van der Waals surface area contributed by atoms with Crippen LogP contribution in [-0.2, 0) is 6.42 Å². The van der Waals surface area contributed by atoms with Gasteiger partial charge in [0.15, 0.2) is 0 Å². The van der Waals surface area contributed by atoms with Crippen molar-refractivity contribution in [3.05, 3.63) is 70.9 Å². The van der Waals surface area contributed by atoms with Crippen LogP contribution in [0.2, 0.25) is 5.02 Å². The average Bonchev–Trinajstić information content (AvgIpc) is 2.94. The van der Waals surface area contributed by atoms with Crippen molar-refractivity contribution in [1.29, 1.82) is 0 Å². The second-order valence-corrected chi connectivity index (χ2v) is 5.84. The molecule has 0 fully saturated rings. The maximum atomic E-state index is 10.1. The predicted molar refractivity (Wildman–Crippen MR) is 91.3 cm³/mol. The minimum absolute atomic E-state index is 0.514. The molecule has 1 atom stereocenters. The molecule has 0 amide bonds. The first kappa shape index (κ1) is 15.1. The highest BCUT2D eigenvalue weighted by Gasteiger charge is 2.07. The van der Waals surface area contributed by atoms with Gasteiger partial charge in [0.05, 0.1) is 6.10 Å². The van der Waals surface area contributed by atoms with Crippen molar-refractivity contribution in [2.75, 3.05) is 13.1 Å². The van der Waals surface area contributed by atoms with E-state index in [1.54, 1.807) is 12.1 Å². The number of rotatable bonds is 6. The lowest BCUT2D eigenvalue weighted by atomic mass is 10.1. The third-order valence-electron chi connectivity index (χ3n) is 3.73. The number of fused-ring (bicyclic) bond motifs is 1. The van der Waals surface area contributed by atoms with E-state index in [0.717, 1.165) is 24.0 Å². The third kappa shape index (κ3) is 3.69. The highest BCUT2D eigenvalue weighted by atomic mass is 35.5. The summed E-state index contributed by atoms with van der Waals surface area (Å²) < 4.78 is 0. The molecule has 0 radical (unpaired) electrons. The number of hydrogen-bond acceptors (Lipinski definition) is 2. The van der Waals surface area contributed by atoms with E-state index in [1.807, 2.05) is 24.3 Å². The van der Waals surface area contributed by atoms with Gasteiger partial charge in [-0.15, -0.1) is 0 Å². The van der Waals surface area contributed by atoms with Crippen LogP contribution in [-0.4, -0.2) is 23.2 Å². The van der Waals surface area contributed by atoms with E-state index in [4.69, 9.17) is 11.6 Å². The molecule has 3 nitrogen and oxygen atoms in total. The zero-order valence-electron chi connectivity index (χ0n) is 12.2. The number of benzene rings is 2. The molecule has 22 heavy (non-hydrogen) atoms. The molecule has 4 heteroatoms. The van der Waals surface area contributed by atoms with Crippen LogP contribution in [0.3, 0.4) is 0 Å². The summed E-state index contributed by atoms with van der Waals surface area (Å²) in [5.74, 6) is 0. The van der Waals surface area contributed by atoms with Gasteiger partial charge in [0.2, 0.25) is 0 Å². The number of aliphatic hydroxyl groups is 1. The summed E-state index contributed by atoms with van der Waals surface area (Å²) in [6, 6.07) is 17.8. The number of aliphatic hydroxyl groups excluding tert-OH is 1. The number of para-hydroxylation sites is 1. The molecule has 3 rings (SSSR count). The minimum Gasteiger partial charge on any atom is -0.387 e. The van der Waals surface area contributed by atoms with Gasteiger partial charge in [-0.1, -0.05) is 41.9 Å². The molecule has 0 spiro atoms. The molecular formula is C18H19ClN2O. The Morgan fingerprint density at radius 2 is 1.95 bits per heavy atom. The molecule has 0 saturated carbocycles. The number of H-pyrrole nitrogens is 1. The van der Waals surface area contributed by atoms with Crippen LogP contribution < -0.4 is 5.32 Å². The Kier molecular flexibility index (Phi) is 4.78. The predicted octanol–water partition coefficient (Wildman–Crippen LogP) is 3.69. The van der Waals surface area contributed by atoms with Crippen LogP contribution in [0.1, 0.15) is 17.4 Å². The summed E-state index contributed by atoms with van der Waals surface area (Å²) in [4.78, 5) is 3.40. The maximum Gasteiger partial charge on any atom is 0.0914 e. The molecule has 0 saturated heterocycles. The van der Waals surface area contributed by atoms with Crippen molar-refractivity contribution in [1.82, 2.24) is 10.3 Å². The summed E-state index contributed by atoms with van der Waals surface area (Å²) in [6.45, 7) is 1.32. The molecule has 3 aromatic rings. The molecule has 0 aliphatic carbocycles. The molecule has 0 aliphatic rings. The van der Waals surface area contributed by atoms with E-state index in [9.17, 15) is 5.11 Å². The fourth-order valence-corrected chi connectivity index (χ4v) is 2.76. The van der Waals surface area contributed by atoms with Crippen molar-refractivity contribution < 1.29 is 5.11 Å². The number of aromatic amines is 1. The number of aromatic nitrogens is 1. The zero-order valence-corrected chi connectivity index (χ0v) is 13.0. The minimum atomic E-state index is -0.540. The van der Waals surface area contributed by atoms with Crippen molar-refractivity contribution in [3.8, 4) is 0 Å². The van der Waals surface area contributed by atoms with E-state index in [0.29, 0.717) is 11.6 Å². The van der Waals surface area contributed by atoms with Crippen LogP contribution in [0.4, 0.5) is 0 Å². The molecule has 1 heterocycles. The monoisotopic (exact) mass is 314 g/mol. The Bertz CT molecular complexity index is 720. The van der Waals surface area contributed by atoms with Crippen molar-refractivity contribution >= 4 is 22.5 Å². The SMILES string of the molecule is OC(CNCCc1cc2ccccc2[nH]1)c1cccc(Cl)c1. The normalized spacial score (nSPS) is 12.6. The van der Waals surface area contributed by atoms with Gasteiger partial charge >= 0.3 is 0 Å². The smallest absolute Gasteiger partial charge is 0.0914 e. The Morgan fingerprint density at radius 1 is 1.09 bits per heavy atom. The van der Waals surface area contributed by atoms with E-state index >= 15 is 0 Å². The lowest BCUT2D eigenvalue weighted by Gasteiger charge is -2.12. The van der Waals surface area contributed by atoms with E-state index in [-0.39, 0.29) is 0 Å². The van der Waals surface area contributed by atoms with Gasteiger partial charge in [-0.2, -0.15) is 0 Å². The Labute approximate surface area is 134 Å². The third-order valence-corrected chi connectivity index (χ3v) is 3.96. The summed E-state index contributed by atoms with van der Waals surface area (Å²) in [5.41, 5.74) is 3.20. The fraction of sp³-hybridized carbons (Fsp3) is 0.222. The van der Waals surface area contributed by atoms with Crippen molar-refractivity contribution in [2.24, 2.45) is 0 Å². The van der Waals surface area contributed by atoms with Crippen molar-refractivity contribution in [2.45, 2.75) is 12.5 Å². The maximum absolute atomic E-state index is 10.1. The standard InChI is InChI=1S/C18H19ClN2O/c19-15-6-3-5-14(10-15)18(22)12-20-9-8-16-11-13-4-1-2-7-17(13)21-16/h1-7,10-11,18,20-22H,8-9,12H2. The molecule has 1 aromatic heterocycles. The van der Waals surface area contributed by atoms with Crippen LogP contribution in [0, 0.1) is 0 Å². The molecule has 0 aliphatic heterocycles. The average molecular weight is 315 g/mol. The largest absolute Gasteiger partial charge is 0.387 e. The molecule has 0 bridgehead atoms. The summed E-state index contributed by atoms with van der Waals surface area (Å²) in [7, 11) is 0. The Hall–Kier alpha value is -1.81. The summed E-state index contributed by atoms with van der Waals surface area (Å²) in [5, 5.41) is 15.3. The van der Waals surface area contributed by atoms with E-state index in [2.05, 4.69) is 28.5 Å². The first-order chi connectivity index (χ1) is 10.7. The summed E-state index contributed by atoms with van der Waals surface area (Å²) in [6.07, 6.45) is 0.359. The number of hydrogen-bond donors (Lipinski definition) is 3. The van der Waals surface area contributed by atoms with Crippen molar-refractivity contribution in [3.63, 3.8) is 0 Å². The van der Waals surface area contributed by atoms with Gasteiger partial charge in [0.25, 0.3) is 0 Å². The fourth-order valence-electron chi connectivity index (χ4n) is 2.56. The van der Waals surface area contributed by atoms with Crippen LogP contribution in [0.25, 0.3) is 10.9 Å². The Morgan fingerprint density at radius 3 is 2.77 bits per heavy atom. The first-order valence-corrected chi connectivity index (χ1v) is 7.81. The second-order valence-electron chi connectivity index (χ2n) is 5.41. The molecule has 2 aromatic carbocycles. The van der Waals surface area contributed by atoms with Crippen LogP contribution >= 0.6 is 11.6 Å². The van der Waals surface area contributed by atoms with E-state index < -0.39 is 6.10 Å². The van der Waals surface area contributed by atoms with Gasteiger partial charge in [-0.25, -0.2) is 0 Å². The number of halogens is 1. The highest BCUT2D eigenvalue weighted by molar-refractivity contribution is 6.30. The summed E-state index contributed by atoms with van der Waals surface area (Å²) >= 11 is 5.93. The van der Waals surface area contributed by atoms with Crippen LogP contribution in [0.15, 0.2) is 54.6 Å². The van der Waals surface area contributed by atoms with Crippen LogP contribution in [0.5, 0.6) is 0 Å². The Balaban J connectivity index is 1.49. The van der Waals surface area contributed by atoms with Gasteiger partial charge in [0.1, 0.15) is 0 Å². The molecule has 3 N–H and O–H groups in total. The van der Waals surface area contributed by atoms with Gasteiger partial charge in [-0.05, 0) is 41.6 Å². The second kappa shape index (κ2) is 6.97. The lowest BCUT2D eigenvalue weighted by Crippen LogP contribution is -2.23.